The van der Waals surface area contributed by atoms with E-state index in [1.165, 1.54) is 11.9 Å². The van der Waals surface area contributed by atoms with Crippen LogP contribution in [0.2, 0.25) is 5.02 Å². The fourth-order valence-corrected chi connectivity index (χ4v) is 3.49. The number of aryl methyl sites for hydroxylation is 1. The summed E-state index contributed by atoms with van der Waals surface area (Å²) in [7, 11) is 0. The molecule has 1 aliphatic rings. The van der Waals surface area contributed by atoms with Crippen LogP contribution in [0, 0.1) is 0 Å². The van der Waals surface area contributed by atoms with Gasteiger partial charge in [0.15, 0.2) is 0 Å². The van der Waals surface area contributed by atoms with Crippen molar-refractivity contribution in [2.24, 2.45) is 0 Å². The van der Waals surface area contributed by atoms with E-state index >= 15 is 0 Å². The lowest BCUT2D eigenvalue weighted by Crippen LogP contribution is -2.31. The number of rotatable bonds is 4. The molecule has 0 unspecified atom stereocenters. The van der Waals surface area contributed by atoms with Crippen LogP contribution in [0.15, 0.2) is 66.1 Å². The third-order valence-corrected chi connectivity index (χ3v) is 5.10. The van der Waals surface area contributed by atoms with Gasteiger partial charge in [0.25, 0.3) is 5.91 Å². The first-order valence-electron chi connectivity index (χ1n) is 9.10. The zero-order valence-corrected chi connectivity index (χ0v) is 16.4. The Morgan fingerprint density at radius 1 is 1.18 bits per heavy atom. The maximum Gasteiger partial charge on any atom is 0.255 e. The molecule has 28 heavy (non-hydrogen) atoms. The van der Waals surface area contributed by atoms with Crippen molar-refractivity contribution in [3.63, 3.8) is 0 Å². The number of carbonyl (C=O) groups is 1. The Kier molecular flexibility index (Phi) is 4.88. The number of amides is 1. The summed E-state index contributed by atoms with van der Waals surface area (Å²) in [6, 6.07) is 14.9. The monoisotopic (exact) mass is 393 g/mol. The van der Waals surface area contributed by atoms with Gasteiger partial charge >= 0.3 is 0 Å². The number of hydrogen-bond acceptors (Lipinski definition) is 4. The van der Waals surface area contributed by atoms with Crippen molar-refractivity contribution < 1.29 is 4.79 Å². The van der Waals surface area contributed by atoms with E-state index in [4.69, 9.17) is 11.6 Å². The van der Waals surface area contributed by atoms with Crippen LogP contribution in [0.4, 0.5) is 11.6 Å². The lowest BCUT2D eigenvalue weighted by molar-refractivity contribution is -0.113. The van der Waals surface area contributed by atoms with Crippen molar-refractivity contribution in [2.75, 3.05) is 10.6 Å². The van der Waals surface area contributed by atoms with Gasteiger partial charge in [-0.1, -0.05) is 42.8 Å². The minimum Gasteiger partial charge on any atom is -0.328 e. The second kappa shape index (κ2) is 7.48. The smallest absolute Gasteiger partial charge is 0.255 e. The summed E-state index contributed by atoms with van der Waals surface area (Å²) < 4.78 is 1.74. The molecule has 0 spiro atoms. The van der Waals surface area contributed by atoms with Crippen molar-refractivity contribution in [1.29, 1.82) is 0 Å². The first-order chi connectivity index (χ1) is 13.6. The number of benzene rings is 2. The third kappa shape index (κ3) is 3.39. The van der Waals surface area contributed by atoms with Crippen molar-refractivity contribution in [3.8, 4) is 0 Å². The first kappa shape index (κ1) is 18.3. The second-order valence-corrected chi connectivity index (χ2v) is 7.09. The van der Waals surface area contributed by atoms with Crippen molar-refractivity contribution in [3.05, 3.63) is 82.3 Å². The normalized spacial score (nSPS) is 15.8. The molecular formula is C21H20ClN5O. The molecule has 0 fully saturated rings. The molecule has 7 heteroatoms. The number of allylic oxidation sites excluding steroid dienone is 1. The van der Waals surface area contributed by atoms with Gasteiger partial charge in [-0.3, -0.25) is 4.79 Å². The SMILES string of the molecule is CCc1ccc([C@@H]2C(C(=O)Nc3ccc(Cl)cc3)=C(C)Nc3ncnn32)cc1. The molecule has 0 radical (unpaired) electrons. The lowest BCUT2D eigenvalue weighted by atomic mass is 9.94. The Morgan fingerprint density at radius 3 is 2.57 bits per heavy atom. The molecule has 4 rings (SSSR count). The maximum atomic E-state index is 13.2. The van der Waals surface area contributed by atoms with Gasteiger partial charge in [-0.2, -0.15) is 10.1 Å². The van der Waals surface area contributed by atoms with Gasteiger partial charge in [0.2, 0.25) is 5.95 Å². The molecule has 6 nitrogen and oxygen atoms in total. The summed E-state index contributed by atoms with van der Waals surface area (Å²) in [6.45, 7) is 3.99. The summed E-state index contributed by atoms with van der Waals surface area (Å²) >= 11 is 5.94. The van der Waals surface area contributed by atoms with Gasteiger partial charge in [-0.15, -0.1) is 0 Å². The number of nitrogens with one attached hydrogen (secondary N) is 2. The summed E-state index contributed by atoms with van der Waals surface area (Å²) in [5.41, 5.74) is 4.24. The average molecular weight is 394 g/mol. The predicted octanol–water partition coefficient (Wildman–Crippen LogP) is 4.42. The number of fused-ring (bicyclic) bond motifs is 1. The fourth-order valence-electron chi connectivity index (χ4n) is 3.36. The molecule has 0 saturated heterocycles. The minimum absolute atomic E-state index is 0.196. The zero-order valence-electron chi connectivity index (χ0n) is 15.6. The number of nitrogens with zero attached hydrogens (tertiary/aromatic N) is 3. The number of anilines is 2. The van der Waals surface area contributed by atoms with E-state index in [2.05, 4.69) is 39.8 Å². The van der Waals surface area contributed by atoms with Crippen LogP contribution < -0.4 is 10.6 Å². The number of aromatic nitrogens is 3. The third-order valence-electron chi connectivity index (χ3n) is 4.84. The molecule has 2 heterocycles. The summed E-state index contributed by atoms with van der Waals surface area (Å²) in [4.78, 5) is 17.5. The standard InChI is InChI=1S/C21H20ClN5O/c1-3-14-4-6-15(7-5-14)19-18(13(2)25-21-23-12-24-27(19)21)20(28)26-17-10-8-16(22)9-11-17/h4-12,19H,3H2,1-2H3,(H,26,28)(H,23,24,25)/t19-/m1/s1. The van der Waals surface area contributed by atoms with Crippen LogP contribution in [0.3, 0.4) is 0 Å². The lowest BCUT2D eigenvalue weighted by Gasteiger charge is -2.28. The van der Waals surface area contributed by atoms with Gasteiger partial charge in [0, 0.05) is 16.4 Å². The maximum absolute atomic E-state index is 13.2. The molecule has 2 aromatic carbocycles. The van der Waals surface area contributed by atoms with E-state index in [1.807, 2.05) is 19.1 Å². The van der Waals surface area contributed by atoms with Gasteiger partial charge in [0.1, 0.15) is 12.4 Å². The van der Waals surface area contributed by atoms with Crippen LogP contribution >= 0.6 is 11.6 Å². The average Bonchev–Trinajstić information content (AvgIpc) is 3.16. The zero-order chi connectivity index (χ0) is 19.7. The Labute approximate surface area is 168 Å². The van der Waals surface area contributed by atoms with E-state index in [0.717, 1.165) is 17.7 Å². The molecule has 3 aromatic rings. The van der Waals surface area contributed by atoms with Crippen LogP contribution in [0.1, 0.15) is 31.0 Å². The Morgan fingerprint density at radius 2 is 1.89 bits per heavy atom. The minimum atomic E-state index is -0.364. The van der Waals surface area contributed by atoms with Crippen molar-refractivity contribution in [2.45, 2.75) is 26.3 Å². The Bertz CT molecular complexity index is 1040. The highest BCUT2D eigenvalue weighted by Gasteiger charge is 2.33. The molecule has 1 atom stereocenters. The highest BCUT2D eigenvalue weighted by molar-refractivity contribution is 6.30. The van der Waals surface area contributed by atoms with Gasteiger partial charge in [-0.25, -0.2) is 4.68 Å². The van der Waals surface area contributed by atoms with Crippen LogP contribution in [-0.4, -0.2) is 20.7 Å². The largest absolute Gasteiger partial charge is 0.328 e. The van der Waals surface area contributed by atoms with Crippen LogP contribution in [-0.2, 0) is 11.2 Å². The van der Waals surface area contributed by atoms with E-state index in [-0.39, 0.29) is 11.9 Å². The fraction of sp³-hybridized carbons (Fsp3) is 0.190. The van der Waals surface area contributed by atoms with E-state index in [1.54, 1.807) is 28.9 Å². The van der Waals surface area contributed by atoms with E-state index < -0.39 is 0 Å². The number of hydrogen-bond donors (Lipinski definition) is 2. The molecule has 142 valence electrons. The molecule has 2 N–H and O–H groups in total. The van der Waals surface area contributed by atoms with Gasteiger partial charge < -0.3 is 10.6 Å². The van der Waals surface area contributed by atoms with Crippen LogP contribution in [0.25, 0.3) is 0 Å². The summed E-state index contributed by atoms with van der Waals surface area (Å²) in [6.07, 6.45) is 2.45. The van der Waals surface area contributed by atoms with Crippen molar-refractivity contribution >= 4 is 29.1 Å². The molecule has 0 saturated carbocycles. The summed E-state index contributed by atoms with van der Waals surface area (Å²) in [5.74, 6) is 0.420. The van der Waals surface area contributed by atoms with Crippen LogP contribution in [0.5, 0.6) is 0 Å². The molecular weight excluding hydrogens is 374 g/mol. The van der Waals surface area contributed by atoms with Crippen molar-refractivity contribution in [1.82, 2.24) is 14.8 Å². The molecule has 1 aromatic heterocycles. The van der Waals surface area contributed by atoms with E-state index in [9.17, 15) is 4.79 Å². The first-order valence-corrected chi connectivity index (χ1v) is 9.47. The second-order valence-electron chi connectivity index (χ2n) is 6.65. The predicted molar refractivity (Wildman–Crippen MR) is 110 cm³/mol. The highest BCUT2D eigenvalue weighted by atomic mass is 35.5. The Hall–Kier alpha value is -3.12. The molecule has 0 aliphatic carbocycles. The molecule has 0 bridgehead atoms. The van der Waals surface area contributed by atoms with Gasteiger partial charge in [-0.05, 0) is 48.7 Å². The van der Waals surface area contributed by atoms with Gasteiger partial charge in [0.05, 0.1) is 5.57 Å². The number of halogens is 1. The number of carbonyl (C=O) groups excluding carboxylic acids is 1. The Balaban J connectivity index is 1.73. The highest BCUT2D eigenvalue weighted by Crippen LogP contribution is 2.35. The molecule has 1 amide bonds. The quantitative estimate of drug-likeness (QED) is 0.688. The molecule has 1 aliphatic heterocycles. The van der Waals surface area contributed by atoms with E-state index in [0.29, 0.717) is 22.2 Å². The topological polar surface area (TPSA) is 71.8 Å². The summed E-state index contributed by atoms with van der Waals surface area (Å²) in [5, 5.41) is 11.1.